The maximum atomic E-state index is 12.6. The van der Waals surface area contributed by atoms with E-state index >= 15 is 0 Å². The summed E-state index contributed by atoms with van der Waals surface area (Å²) in [6.07, 6.45) is -2.44. The summed E-state index contributed by atoms with van der Waals surface area (Å²) in [5.41, 5.74) is -1.02. The Labute approximate surface area is 107 Å². The van der Waals surface area contributed by atoms with Crippen molar-refractivity contribution in [2.24, 2.45) is 0 Å². The lowest BCUT2D eigenvalue weighted by atomic mass is 10.2. The molecule has 0 aliphatic carbocycles. The smallest absolute Gasteiger partial charge is 0.433 e. The number of carbonyl (C=O) groups is 1. The highest BCUT2D eigenvalue weighted by Crippen LogP contribution is 2.31. The zero-order valence-electron chi connectivity index (χ0n) is 10.1. The minimum absolute atomic E-state index is 0.0928. The fourth-order valence-corrected chi connectivity index (χ4v) is 2.08. The number of aromatic nitrogens is 2. The van der Waals surface area contributed by atoms with Gasteiger partial charge in [0.1, 0.15) is 23.9 Å². The summed E-state index contributed by atoms with van der Waals surface area (Å²) in [7, 11) is 1.25. The van der Waals surface area contributed by atoms with Crippen LogP contribution in [0.15, 0.2) is 12.4 Å². The van der Waals surface area contributed by atoms with Crippen LogP contribution in [0.25, 0.3) is 0 Å². The van der Waals surface area contributed by atoms with Crippen LogP contribution in [0.4, 0.5) is 19.0 Å². The van der Waals surface area contributed by atoms with E-state index in [-0.39, 0.29) is 5.82 Å². The molecule has 0 spiro atoms. The minimum atomic E-state index is -4.53. The highest BCUT2D eigenvalue weighted by Gasteiger charge is 2.36. The SMILES string of the molecule is COC(=O)[C@@H]1CCCN1c1cc(C(F)(F)F)ncn1. The van der Waals surface area contributed by atoms with Gasteiger partial charge in [0.15, 0.2) is 0 Å². The Morgan fingerprint density at radius 2 is 2.21 bits per heavy atom. The number of hydrogen-bond donors (Lipinski definition) is 0. The average Bonchev–Trinajstić information content (AvgIpc) is 2.86. The molecule has 2 heterocycles. The quantitative estimate of drug-likeness (QED) is 0.768. The Bertz CT molecular complexity index is 478. The number of ether oxygens (including phenoxy) is 1. The molecule has 8 heteroatoms. The zero-order chi connectivity index (χ0) is 14.0. The second kappa shape index (κ2) is 5.02. The number of methoxy groups -OCH3 is 1. The first-order valence-electron chi connectivity index (χ1n) is 5.67. The molecule has 0 saturated carbocycles. The van der Waals surface area contributed by atoms with Gasteiger partial charge in [-0.2, -0.15) is 13.2 Å². The molecular weight excluding hydrogens is 263 g/mol. The van der Waals surface area contributed by atoms with Gasteiger partial charge in [0.2, 0.25) is 0 Å². The first-order chi connectivity index (χ1) is 8.93. The van der Waals surface area contributed by atoms with Crippen molar-refractivity contribution in [3.63, 3.8) is 0 Å². The van der Waals surface area contributed by atoms with E-state index in [1.165, 1.54) is 12.0 Å². The number of nitrogens with zero attached hydrogens (tertiary/aromatic N) is 3. The molecule has 1 aromatic rings. The van der Waals surface area contributed by atoms with Gasteiger partial charge in [0.05, 0.1) is 7.11 Å². The van der Waals surface area contributed by atoms with Gasteiger partial charge < -0.3 is 9.64 Å². The number of rotatable bonds is 2. The van der Waals surface area contributed by atoms with Crippen LogP contribution in [0.3, 0.4) is 0 Å². The Hall–Kier alpha value is -1.86. The summed E-state index contributed by atoms with van der Waals surface area (Å²) < 4.78 is 42.4. The van der Waals surface area contributed by atoms with Crippen LogP contribution in [-0.4, -0.2) is 35.6 Å². The van der Waals surface area contributed by atoms with Gasteiger partial charge >= 0.3 is 12.1 Å². The van der Waals surface area contributed by atoms with Crippen molar-refractivity contribution in [3.05, 3.63) is 18.1 Å². The van der Waals surface area contributed by atoms with Crippen LogP contribution >= 0.6 is 0 Å². The highest BCUT2D eigenvalue weighted by molar-refractivity contribution is 5.80. The molecule has 1 aliphatic heterocycles. The van der Waals surface area contributed by atoms with Gasteiger partial charge in [-0.3, -0.25) is 0 Å². The predicted octanol–water partition coefficient (Wildman–Crippen LogP) is 1.64. The van der Waals surface area contributed by atoms with E-state index in [9.17, 15) is 18.0 Å². The van der Waals surface area contributed by atoms with E-state index in [2.05, 4.69) is 14.7 Å². The molecule has 0 aromatic carbocycles. The summed E-state index contributed by atoms with van der Waals surface area (Å²) in [6.45, 7) is 0.466. The number of halogens is 3. The molecule has 0 amide bonds. The van der Waals surface area contributed by atoms with Crippen LogP contribution in [0.1, 0.15) is 18.5 Å². The minimum Gasteiger partial charge on any atom is -0.467 e. The number of alkyl halides is 3. The molecule has 104 valence electrons. The van der Waals surface area contributed by atoms with E-state index in [0.29, 0.717) is 19.4 Å². The van der Waals surface area contributed by atoms with Crippen LogP contribution in [0.2, 0.25) is 0 Å². The molecule has 0 N–H and O–H groups in total. The van der Waals surface area contributed by atoms with Crippen molar-refractivity contribution < 1.29 is 22.7 Å². The van der Waals surface area contributed by atoms with Gasteiger partial charge in [-0.25, -0.2) is 14.8 Å². The zero-order valence-corrected chi connectivity index (χ0v) is 10.1. The van der Waals surface area contributed by atoms with Crippen molar-refractivity contribution in [2.75, 3.05) is 18.6 Å². The second-order valence-electron chi connectivity index (χ2n) is 4.13. The third kappa shape index (κ3) is 2.77. The Morgan fingerprint density at radius 3 is 2.84 bits per heavy atom. The predicted molar refractivity (Wildman–Crippen MR) is 59.4 cm³/mol. The van der Waals surface area contributed by atoms with Gasteiger partial charge in [-0.1, -0.05) is 0 Å². The summed E-state index contributed by atoms with van der Waals surface area (Å²) in [5.74, 6) is -0.375. The van der Waals surface area contributed by atoms with Crippen molar-refractivity contribution in [2.45, 2.75) is 25.1 Å². The normalized spacial score (nSPS) is 19.6. The van der Waals surface area contributed by atoms with Gasteiger partial charge in [-0.15, -0.1) is 0 Å². The molecule has 0 unspecified atom stereocenters. The molecule has 1 aromatic heterocycles. The molecule has 2 rings (SSSR count). The van der Waals surface area contributed by atoms with Crippen molar-refractivity contribution in [3.8, 4) is 0 Å². The summed E-state index contributed by atoms with van der Waals surface area (Å²) in [6, 6.07) is 0.266. The van der Waals surface area contributed by atoms with Crippen molar-refractivity contribution >= 4 is 11.8 Å². The molecule has 1 atom stereocenters. The monoisotopic (exact) mass is 275 g/mol. The molecular formula is C11H12F3N3O2. The second-order valence-corrected chi connectivity index (χ2v) is 4.13. The van der Waals surface area contributed by atoms with Crippen LogP contribution < -0.4 is 4.90 Å². The summed E-state index contributed by atoms with van der Waals surface area (Å²) in [5, 5.41) is 0. The number of carbonyl (C=O) groups excluding carboxylic acids is 1. The lowest BCUT2D eigenvalue weighted by Crippen LogP contribution is -2.37. The van der Waals surface area contributed by atoms with Gasteiger partial charge in [0.25, 0.3) is 0 Å². The fourth-order valence-electron chi connectivity index (χ4n) is 2.08. The van der Waals surface area contributed by atoms with E-state index in [0.717, 1.165) is 12.4 Å². The maximum absolute atomic E-state index is 12.6. The Balaban J connectivity index is 2.29. The van der Waals surface area contributed by atoms with Crippen molar-refractivity contribution in [1.82, 2.24) is 9.97 Å². The largest absolute Gasteiger partial charge is 0.467 e. The van der Waals surface area contributed by atoms with Gasteiger partial charge in [0, 0.05) is 12.6 Å². The molecule has 1 fully saturated rings. The lowest BCUT2D eigenvalue weighted by Gasteiger charge is -2.23. The van der Waals surface area contributed by atoms with E-state index < -0.39 is 23.9 Å². The molecule has 1 saturated heterocycles. The highest BCUT2D eigenvalue weighted by atomic mass is 19.4. The molecule has 0 radical (unpaired) electrons. The molecule has 1 aliphatic rings. The van der Waals surface area contributed by atoms with Gasteiger partial charge in [-0.05, 0) is 12.8 Å². The lowest BCUT2D eigenvalue weighted by molar-refractivity contribution is -0.142. The average molecular weight is 275 g/mol. The van der Waals surface area contributed by atoms with Crippen LogP contribution in [0, 0.1) is 0 Å². The number of hydrogen-bond acceptors (Lipinski definition) is 5. The Kier molecular flexibility index (Phi) is 3.59. The standard InChI is InChI=1S/C11H12F3N3O2/c1-19-10(18)7-3-2-4-17(7)9-5-8(11(12,13)14)15-6-16-9/h5-7H,2-4H2,1H3/t7-/m0/s1. The van der Waals surface area contributed by atoms with Crippen molar-refractivity contribution in [1.29, 1.82) is 0 Å². The summed E-state index contributed by atoms with van der Waals surface area (Å²) in [4.78, 5) is 20.1. The molecule has 19 heavy (non-hydrogen) atoms. The number of anilines is 1. The van der Waals surface area contributed by atoms with Crippen LogP contribution in [-0.2, 0) is 15.7 Å². The first-order valence-corrected chi connectivity index (χ1v) is 5.67. The fraction of sp³-hybridized carbons (Fsp3) is 0.545. The topological polar surface area (TPSA) is 55.3 Å². The third-order valence-electron chi connectivity index (χ3n) is 2.96. The molecule has 5 nitrogen and oxygen atoms in total. The summed E-state index contributed by atoms with van der Waals surface area (Å²) >= 11 is 0. The van der Waals surface area contributed by atoms with E-state index in [4.69, 9.17) is 0 Å². The Morgan fingerprint density at radius 1 is 1.47 bits per heavy atom. The van der Waals surface area contributed by atoms with E-state index in [1.807, 2.05) is 0 Å². The molecule has 0 bridgehead atoms. The van der Waals surface area contributed by atoms with Crippen LogP contribution in [0.5, 0.6) is 0 Å². The third-order valence-corrected chi connectivity index (χ3v) is 2.96. The maximum Gasteiger partial charge on any atom is 0.433 e. The number of esters is 1. The first kappa shape index (κ1) is 13.6. The van der Waals surface area contributed by atoms with E-state index in [1.54, 1.807) is 0 Å².